The molecule has 0 saturated carbocycles. The monoisotopic (exact) mass is 548 g/mol. The highest BCUT2D eigenvalue weighted by Gasteiger charge is 2.31. The van der Waals surface area contributed by atoms with Crippen LogP contribution in [0.5, 0.6) is 23.0 Å². The van der Waals surface area contributed by atoms with E-state index in [0.717, 1.165) is 30.1 Å². The predicted octanol–water partition coefficient (Wildman–Crippen LogP) is 5.46. The first kappa shape index (κ1) is 27.5. The lowest BCUT2D eigenvalue weighted by atomic mass is 9.95. The molecular weight excluding hydrogens is 516 g/mol. The normalized spacial score (nSPS) is 18.8. The Hall–Kier alpha value is -2.56. The number of Topliss-reactive ketones (excluding diaryl/α,β-unsaturated/α-hetero) is 1. The SMILES string of the molecule is O=C(CCCCC1CCSS1)OCCOCCOc1cc(O)c2c(c1)OC(c1ccc(O)cc1)CC2=O. The molecule has 2 aromatic rings. The summed E-state index contributed by atoms with van der Waals surface area (Å²) < 4.78 is 22.3. The highest BCUT2D eigenvalue weighted by Crippen LogP contribution is 2.42. The van der Waals surface area contributed by atoms with Crippen LogP contribution in [0, 0.1) is 0 Å². The predicted molar refractivity (Wildman–Crippen MR) is 143 cm³/mol. The van der Waals surface area contributed by atoms with Crippen molar-refractivity contribution in [1.82, 2.24) is 0 Å². The number of fused-ring (bicyclic) bond motifs is 1. The zero-order valence-electron chi connectivity index (χ0n) is 20.6. The minimum absolute atomic E-state index is 0.0861. The molecule has 0 spiro atoms. The molecule has 0 amide bonds. The van der Waals surface area contributed by atoms with Gasteiger partial charge in [-0.1, -0.05) is 40.1 Å². The van der Waals surface area contributed by atoms with Crippen LogP contribution >= 0.6 is 21.6 Å². The van der Waals surface area contributed by atoms with Crippen molar-refractivity contribution in [2.24, 2.45) is 0 Å². The summed E-state index contributed by atoms with van der Waals surface area (Å²) in [6, 6.07) is 9.42. The molecule has 0 aromatic heterocycles. The van der Waals surface area contributed by atoms with Crippen LogP contribution in [0.3, 0.4) is 0 Å². The second kappa shape index (κ2) is 13.8. The van der Waals surface area contributed by atoms with E-state index in [0.29, 0.717) is 12.2 Å². The van der Waals surface area contributed by atoms with E-state index < -0.39 is 6.10 Å². The molecule has 2 N–H and O–H groups in total. The minimum Gasteiger partial charge on any atom is -0.508 e. The van der Waals surface area contributed by atoms with Gasteiger partial charge in [0, 0.05) is 29.6 Å². The molecular formula is C27H32O8S2. The molecule has 1 fully saturated rings. The van der Waals surface area contributed by atoms with E-state index in [-0.39, 0.29) is 67.4 Å². The topological polar surface area (TPSA) is 112 Å². The third kappa shape index (κ3) is 8.21. The number of aromatic hydroxyl groups is 2. The Morgan fingerprint density at radius 2 is 1.86 bits per heavy atom. The van der Waals surface area contributed by atoms with Gasteiger partial charge in [-0.15, -0.1) is 0 Å². The lowest BCUT2D eigenvalue weighted by Gasteiger charge is -2.26. The number of ether oxygens (including phenoxy) is 4. The van der Waals surface area contributed by atoms with E-state index in [1.807, 2.05) is 21.6 Å². The van der Waals surface area contributed by atoms with Crippen LogP contribution in [-0.4, -0.2) is 59.4 Å². The van der Waals surface area contributed by atoms with Crippen LogP contribution in [0.4, 0.5) is 0 Å². The van der Waals surface area contributed by atoms with Crippen molar-refractivity contribution < 1.29 is 38.7 Å². The molecule has 1 saturated heterocycles. The van der Waals surface area contributed by atoms with E-state index in [9.17, 15) is 19.8 Å². The number of rotatable bonds is 13. The summed E-state index contributed by atoms with van der Waals surface area (Å²) in [4.78, 5) is 24.4. The maximum Gasteiger partial charge on any atom is 0.305 e. The maximum atomic E-state index is 12.6. The molecule has 2 atom stereocenters. The molecule has 10 heteroatoms. The molecule has 2 aromatic carbocycles. The standard InChI is InChI=1S/C27H32O8S2/c28-19-7-5-18(6-8-19)24-17-23(30)27-22(29)15-20(16-25(27)35-24)33-12-10-32-11-13-34-26(31)4-2-1-3-21-9-14-36-37-21/h5-8,15-16,21,24,28-29H,1-4,9-14,17H2. The Balaban J connectivity index is 1.13. The second-order valence-corrected chi connectivity index (χ2v) is 11.7. The molecule has 4 rings (SSSR count). The average molecular weight is 549 g/mol. The van der Waals surface area contributed by atoms with Crippen molar-refractivity contribution in [3.05, 3.63) is 47.5 Å². The summed E-state index contributed by atoms with van der Waals surface area (Å²) >= 11 is 0. The molecule has 8 nitrogen and oxygen atoms in total. The number of phenols is 2. The van der Waals surface area contributed by atoms with Gasteiger partial charge < -0.3 is 29.2 Å². The average Bonchev–Trinajstić information content (AvgIpc) is 3.39. The highest BCUT2D eigenvalue weighted by atomic mass is 33.1. The number of hydrogen-bond donors (Lipinski definition) is 2. The highest BCUT2D eigenvalue weighted by molar-refractivity contribution is 8.77. The van der Waals surface area contributed by atoms with Crippen LogP contribution in [0.1, 0.15) is 60.6 Å². The van der Waals surface area contributed by atoms with Crippen molar-refractivity contribution in [1.29, 1.82) is 0 Å². The quantitative estimate of drug-likeness (QED) is 0.190. The van der Waals surface area contributed by atoms with Gasteiger partial charge >= 0.3 is 5.97 Å². The number of carbonyl (C=O) groups excluding carboxylic acids is 2. The first-order chi connectivity index (χ1) is 18.0. The van der Waals surface area contributed by atoms with Gasteiger partial charge in [0.05, 0.1) is 19.6 Å². The number of hydrogen-bond acceptors (Lipinski definition) is 10. The van der Waals surface area contributed by atoms with Gasteiger partial charge in [0.25, 0.3) is 0 Å². The third-order valence-electron chi connectivity index (χ3n) is 6.11. The molecule has 0 bridgehead atoms. The smallest absolute Gasteiger partial charge is 0.305 e. The minimum atomic E-state index is -0.522. The number of carbonyl (C=O) groups is 2. The Morgan fingerprint density at radius 3 is 2.65 bits per heavy atom. The van der Waals surface area contributed by atoms with E-state index in [1.54, 1.807) is 18.2 Å². The van der Waals surface area contributed by atoms with Crippen LogP contribution in [0.2, 0.25) is 0 Å². The van der Waals surface area contributed by atoms with Crippen molar-refractivity contribution >= 4 is 33.3 Å². The largest absolute Gasteiger partial charge is 0.508 e. The van der Waals surface area contributed by atoms with Crippen molar-refractivity contribution in [2.75, 3.05) is 32.2 Å². The van der Waals surface area contributed by atoms with E-state index in [1.165, 1.54) is 30.4 Å². The van der Waals surface area contributed by atoms with Crippen LogP contribution in [-0.2, 0) is 14.3 Å². The summed E-state index contributed by atoms with van der Waals surface area (Å²) in [5, 5.41) is 20.6. The Labute approximate surface area is 224 Å². The Kier molecular flexibility index (Phi) is 10.3. The lowest BCUT2D eigenvalue weighted by molar-refractivity contribution is -0.145. The molecule has 37 heavy (non-hydrogen) atoms. The molecule has 200 valence electrons. The number of phenolic OH excluding ortho intramolecular Hbond substituents is 2. The third-order valence-corrected chi connectivity index (χ3v) is 9.12. The van der Waals surface area contributed by atoms with E-state index in [2.05, 4.69) is 0 Å². The van der Waals surface area contributed by atoms with Crippen molar-refractivity contribution in [3.8, 4) is 23.0 Å². The summed E-state index contributed by atoms with van der Waals surface area (Å²) in [7, 11) is 3.90. The first-order valence-corrected chi connectivity index (χ1v) is 14.9. The lowest BCUT2D eigenvalue weighted by Crippen LogP contribution is -2.20. The summed E-state index contributed by atoms with van der Waals surface area (Å²) in [6.07, 6.45) is 4.34. The summed E-state index contributed by atoms with van der Waals surface area (Å²) in [6.45, 7) is 0.940. The maximum absolute atomic E-state index is 12.6. The molecule has 2 unspecified atom stereocenters. The Bertz CT molecular complexity index is 1050. The summed E-state index contributed by atoms with van der Waals surface area (Å²) in [5.41, 5.74) is 0.885. The van der Waals surface area contributed by atoms with Gasteiger partial charge in [0.15, 0.2) is 5.78 Å². The fourth-order valence-corrected chi connectivity index (χ4v) is 7.21. The van der Waals surface area contributed by atoms with Crippen molar-refractivity contribution in [2.45, 2.75) is 49.9 Å². The molecule has 2 aliphatic heterocycles. The van der Waals surface area contributed by atoms with Gasteiger partial charge in [-0.2, -0.15) is 0 Å². The molecule has 0 radical (unpaired) electrons. The molecule has 0 aliphatic carbocycles. The van der Waals surface area contributed by atoms with E-state index >= 15 is 0 Å². The number of benzene rings is 2. The summed E-state index contributed by atoms with van der Waals surface area (Å²) in [5.74, 6) is 1.33. The Morgan fingerprint density at radius 1 is 1.05 bits per heavy atom. The number of ketones is 1. The zero-order chi connectivity index (χ0) is 26.0. The second-order valence-electron chi connectivity index (χ2n) is 8.90. The van der Waals surface area contributed by atoms with Gasteiger partial charge in [-0.05, 0) is 37.0 Å². The zero-order valence-corrected chi connectivity index (χ0v) is 22.2. The fraction of sp³-hybridized carbons (Fsp3) is 0.481. The van der Waals surface area contributed by atoms with Crippen molar-refractivity contribution in [3.63, 3.8) is 0 Å². The van der Waals surface area contributed by atoms with Gasteiger partial charge in [-0.25, -0.2) is 0 Å². The molecule has 2 aliphatic rings. The van der Waals surface area contributed by atoms with Gasteiger partial charge in [0.2, 0.25) is 0 Å². The van der Waals surface area contributed by atoms with Crippen LogP contribution in [0.15, 0.2) is 36.4 Å². The fourth-order valence-electron chi connectivity index (χ4n) is 4.19. The van der Waals surface area contributed by atoms with Crippen LogP contribution < -0.4 is 9.47 Å². The first-order valence-electron chi connectivity index (χ1n) is 12.5. The van der Waals surface area contributed by atoms with Gasteiger partial charge in [0.1, 0.15) is 47.9 Å². The van der Waals surface area contributed by atoms with Gasteiger partial charge in [-0.3, -0.25) is 9.59 Å². The van der Waals surface area contributed by atoms with Crippen LogP contribution in [0.25, 0.3) is 0 Å². The van der Waals surface area contributed by atoms with E-state index in [4.69, 9.17) is 18.9 Å². The number of esters is 1. The number of unbranched alkanes of at least 4 members (excludes halogenated alkanes) is 1. The molecule has 2 heterocycles.